The number of piperazine rings is 1. The molecule has 28 heavy (non-hydrogen) atoms. The molecule has 0 radical (unpaired) electrons. The molecular weight excluding hydrogens is 353 g/mol. The first-order chi connectivity index (χ1) is 13.7. The zero-order valence-corrected chi connectivity index (χ0v) is 15.8. The fraction of sp³-hybridized carbons (Fsp3) is 0.261. The third kappa shape index (κ3) is 4.31. The Morgan fingerprint density at radius 2 is 1.86 bits per heavy atom. The van der Waals surface area contributed by atoms with E-state index in [-0.39, 0.29) is 11.7 Å². The van der Waals surface area contributed by atoms with E-state index >= 15 is 0 Å². The highest BCUT2D eigenvalue weighted by Gasteiger charge is 2.21. The van der Waals surface area contributed by atoms with Gasteiger partial charge in [-0.2, -0.15) is 0 Å². The Labute approximate surface area is 164 Å². The number of halogens is 1. The summed E-state index contributed by atoms with van der Waals surface area (Å²) in [6.45, 7) is 4.14. The lowest BCUT2D eigenvalue weighted by molar-refractivity contribution is -0.132. The molecular formula is C23H24FN3O. The van der Waals surface area contributed by atoms with Gasteiger partial charge in [-0.25, -0.2) is 4.39 Å². The molecule has 2 aromatic carbocycles. The van der Waals surface area contributed by atoms with Crippen molar-refractivity contribution in [2.75, 3.05) is 32.7 Å². The first-order valence-corrected chi connectivity index (χ1v) is 9.66. The summed E-state index contributed by atoms with van der Waals surface area (Å²) in [6, 6.07) is 14.9. The Bertz CT molecular complexity index is 972. The van der Waals surface area contributed by atoms with E-state index in [4.69, 9.17) is 0 Å². The molecule has 1 aromatic heterocycles. The lowest BCUT2D eigenvalue weighted by Gasteiger charge is -2.34. The Balaban J connectivity index is 1.28. The maximum Gasteiger partial charge on any atom is 0.227 e. The number of hydrogen-bond donors (Lipinski definition) is 1. The van der Waals surface area contributed by atoms with E-state index in [1.165, 1.54) is 17.7 Å². The van der Waals surface area contributed by atoms with E-state index in [9.17, 15) is 9.18 Å². The SMILES string of the molecule is O=C(Cc1c[nH]c2cc(F)ccc12)N1CCN(C/C=C/c2ccccc2)CC1. The molecule has 2 heterocycles. The first-order valence-electron chi connectivity index (χ1n) is 9.66. The van der Waals surface area contributed by atoms with Gasteiger partial charge in [0.25, 0.3) is 0 Å². The molecule has 1 amide bonds. The third-order valence-corrected chi connectivity index (χ3v) is 5.27. The van der Waals surface area contributed by atoms with Gasteiger partial charge in [0.15, 0.2) is 0 Å². The molecule has 0 unspecified atom stereocenters. The molecule has 1 aliphatic rings. The second kappa shape index (κ2) is 8.40. The van der Waals surface area contributed by atoms with Crippen LogP contribution in [-0.4, -0.2) is 53.4 Å². The Morgan fingerprint density at radius 1 is 1.07 bits per heavy atom. The first kappa shape index (κ1) is 18.4. The highest BCUT2D eigenvalue weighted by atomic mass is 19.1. The molecule has 0 atom stereocenters. The standard InChI is InChI=1S/C23H24FN3O/c24-20-8-9-21-19(17-25-22(21)16-20)15-23(28)27-13-11-26(12-14-27)10-4-7-18-5-2-1-3-6-18/h1-9,16-17,25H,10-15H2/b7-4+. The fourth-order valence-corrected chi connectivity index (χ4v) is 3.66. The normalized spacial score (nSPS) is 15.5. The van der Waals surface area contributed by atoms with Crippen LogP contribution in [0.3, 0.4) is 0 Å². The van der Waals surface area contributed by atoms with E-state index in [1.54, 1.807) is 6.07 Å². The fourth-order valence-electron chi connectivity index (χ4n) is 3.66. The van der Waals surface area contributed by atoms with Gasteiger partial charge in [0.1, 0.15) is 5.82 Å². The van der Waals surface area contributed by atoms with Crippen LogP contribution in [0.2, 0.25) is 0 Å². The van der Waals surface area contributed by atoms with Crippen molar-refractivity contribution in [3.63, 3.8) is 0 Å². The second-order valence-electron chi connectivity index (χ2n) is 7.18. The van der Waals surface area contributed by atoms with Crippen molar-refractivity contribution in [3.8, 4) is 0 Å². The van der Waals surface area contributed by atoms with Gasteiger partial charge in [-0.3, -0.25) is 9.69 Å². The van der Waals surface area contributed by atoms with Crippen molar-refractivity contribution in [2.45, 2.75) is 6.42 Å². The summed E-state index contributed by atoms with van der Waals surface area (Å²) in [5, 5.41) is 0.916. The molecule has 1 N–H and O–H groups in total. The van der Waals surface area contributed by atoms with Gasteiger partial charge < -0.3 is 9.88 Å². The molecule has 1 saturated heterocycles. The predicted molar refractivity (Wildman–Crippen MR) is 110 cm³/mol. The molecule has 3 aromatic rings. The molecule has 144 valence electrons. The number of benzene rings is 2. The minimum absolute atomic E-state index is 0.129. The molecule has 1 fully saturated rings. The maximum absolute atomic E-state index is 13.3. The molecule has 5 heteroatoms. The molecule has 1 aliphatic heterocycles. The number of H-pyrrole nitrogens is 1. The van der Waals surface area contributed by atoms with Crippen molar-refractivity contribution in [2.24, 2.45) is 0 Å². The summed E-state index contributed by atoms with van der Waals surface area (Å²) in [5.74, 6) is -0.144. The number of carbonyl (C=O) groups is 1. The number of aromatic nitrogens is 1. The number of hydrogen-bond acceptors (Lipinski definition) is 2. The van der Waals surface area contributed by atoms with Crippen molar-refractivity contribution < 1.29 is 9.18 Å². The van der Waals surface area contributed by atoms with E-state index in [0.29, 0.717) is 6.42 Å². The van der Waals surface area contributed by atoms with Crippen LogP contribution in [0.15, 0.2) is 60.8 Å². The van der Waals surface area contributed by atoms with Crippen molar-refractivity contribution >= 4 is 22.9 Å². The van der Waals surface area contributed by atoms with Gasteiger partial charge in [-0.15, -0.1) is 0 Å². The van der Waals surface area contributed by atoms with E-state index in [0.717, 1.165) is 49.2 Å². The second-order valence-corrected chi connectivity index (χ2v) is 7.18. The molecule has 4 nitrogen and oxygen atoms in total. The van der Waals surface area contributed by atoms with Crippen LogP contribution in [0.1, 0.15) is 11.1 Å². The molecule has 4 rings (SSSR count). The Kier molecular flexibility index (Phi) is 5.53. The Morgan fingerprint density at radius 3 is 2.64 bits per heavy atom. The lowest BCUT2D eigenvalue weighted by atomic mass is 10.1. The molecule has 0 aliphatic carbocycles. The monoisotopic (exact) mass is 377 g/mol. The number of fused-ring (bicyclic) bond motifs is 1. The van der Waals surface area contributed by atoms with Crippen LogP contribution < -0.4 is 0 Å². The summed E-state index contributed by atoms with van der Waals surface area (Å²) >= 11 is 0. The average molecular weight is 377 g/mol. The zero-order chi connectivity index (χ0) is 19.3. The summed E-state index contributed by atoms with van der Waals surface area (Å²) in [4.78, 5) is 20.0. The number of aromatic amines is 1. The van der Waals surface area contributed by atoms with E-state index in [1.807, 2.05) is 29.3 Å². The van der Waals surface area contributed by atoms with E-state index < -0.39 is 0 Å². The van der Waals surface area contributed by atoms with Crippen LogP contribution in [-0.2, 0) is 11.2 Å². The highest BCUT2D eigenvalue weighted by Crippen LogP contribution is 2.20. The average Bonchev–Trinajstić information content (AvgIpc) is 3.11. The Hall–Kier alpha value is -2.92. The minimum atomic E-state index is -0.273. The van der Waals surface area contributed by atoms with Crippen molar-refractivity contribution in [1.29, 1.82) is 0 Å². The van der Waals surface area contributed by atoms with Gasteiger partial charge >= 0.3 is 0 Å². The number of nitrogens with zero attached hydrogens (tertiary/aromatic N) is 2. The summed E-state index contributed by atoms with van der Waals surface area (Å²) in [5.41, 5.74) is 2.86. The van der Waals surface area contributed by atoms with Crippen molar-refractivity contribution in [1.82, 2.24) is 14.8 Å². The number of nitrogens with one attached hydrogen (secondary N) is 1. The van der Waals surface area contributed by atoms with Crippen LogP contribution in [0.5, 0.6) is 0 Å². The van der Waals surface area contributed by atoms with Crippen LogP contribution in [0.4, 0.5) is 4.39 Å². The largest absolute Gasteiger partial charge is 0.361 e. The summed E-state index contributed by atoms with van der Waals surface area (Å²) in [7, 11) is 0. The van der Waals surface area contributed by atoms with Gasteiger partial charge in [0.05, 0.1) is 6.42 Å². The summed E-state index contributed by atoms with van der Waals surface area (Å²) in [6.07, 6.45) is 6.47. The number of amides is 1. The number of carbonyl (C=O) groups excluding carboxylic acids is 1. The van der Waals surface area contributed by atoms with Gasteiger partial charge in [0, 0.05) is 49.8 Å². The zero-order valence-electron chi connectivity index (χ0n) is 15.8. The quantitative estimate of drug-likeness (QED) is 0.736. The lowest BCUT2D eigenvalue weighted by Crippen LogP contribution is -2.49. The smallest absolute Gasteiger partial charge is 0.227 e. The van der Waals surface area contributed by atoms with Crippen LogP contribution in [0.25, 0.3) is 17.0 Å². The van der Waals surface area contributed by atoms with Crippen molar-refractivity contribution in [3.05, 3.63) is 77.7 Å². The van der Waals surface area contributed by atoms with Crippen LogP contribution >= 0.6 is 0 Å². The minimum Gasteiger partial charge on any atom is -0.361 e. The summed E-state index contributed by atoms with van der Waals surface area (Å²) < 4.78 is 13.3. The molecule has 0 saturated carbocycles. The maximum atomic E-state index is 13.3. The highest BCUT2D eigenvalue weighted by molar-refractivity contribution is 5.89. The molecule has 0 bridgehead atoms. The third-order valence-electron chi connectivity index (χ3n) is 5.27. The predicted octanol–water partition coefficient (Wildman–Crippen LogP) is 3.71. The van der Waals surface area contributed by atoms with Gasteiger partial charge in [-0.1, -0.05) is 42.5 Å². The van der Waals surface area contributed by atoms with E-state index in [2.05, 4.69) is 34.2 Å². The number of rotatable bonds is 5. The van der Waals surface area contributed by atoms with Gasteiger partial charge in [0.2, 0.25) is 5.91 Å². The van der Waals surface area contributed by atoms with Gasteiger partial charge in [-0.05, 0) is 29.3 Å². The molecule has 0 spiro atoms. The topological polar surface area (TPSA) is 39.3 Å². The van der Waals surface area contributed by atoms with Crippen LogP contribution in [0, 0.1) is 5.82 Å².